The molecule has 0 N–H and O–H groups in total. The van der Waals surface area contributed by atoms with Crippen LogP contribution in [0.1, 0.15) is 27.8 Å². The molecule has 0 aromatic heterocycles. The summed E-state index contributed by atoms with van der Waals surface area (Å²) in [4.78, 5) is 2.32. The smallest absolute Gasteiger partial charge is 0.310 e. The van der Waals surface area contributed by atoms with Crippen molar-refractivity contribution in [3.05, 3.63) is 234 Å². The van der Waals surface area contributed by atoms with Crippen molar-refractivity contribution in [1.29, 1.82) is 0 Å². The Labute approximate surface area is 345 Å². The van der Waals surface area contributed by atoms with Gasteiger partial charge in [0.2, 0.25) is 0 Å². The van der Waals surface area contributed by atoms with E-state index >= 15 is 0 Å². The number of halogens is 3. The molecule has 0 saturated carbocycles. The quantitative estimate of drug-likeness (QED) is 0.161. The number of rotatable bonds is 4. The van der Waals surface area contributed by atoms with Crippen molar-refractivity contribution in [1.82, 2.24) is 0 Å². The molecule has 10 aromatic rings. The number of fused-ring (bicyclic) bond motifs is 16. The number of anilines is 3. The largest absolute Gasteiger partial charge is 0.416 e. The van der Waals surface area contributed by atoms with E-state index in [1.54, 1.807) is 12.1 Å². The molecule has 1 nitrogen and oxygen atoms in total. The molecule has 0 amide bonds. The minimum atomic E-state index is -4.39. The maximum atomic E-state index is 13.4. The molecule has 284 valence electrons. The van der Waals surface area contributed by atoms with Crippen molar-refractivity contribution in [3.63, 3.8) is 0 Å². The normalized spacial score (nSPS) is 13.4. The fourth-order valence-corrected chi connectivity index (χ4v) is 10.4. The Morgan fingerprint density at radius 1 is 0.317 bits per heavy atom. The lowest BCUT2D eigenvalue weighted by atomic mass is 9.70. The molecule has 10 aromatic carbocycles. The topological polar surface area (TPSA) is 3.24 Å². The Balaban J connectivity index is 1.09. The zero-order valence-electron chi connectivity index (χ0n) is 32.2. The molecule has 2 aliphatic rings. The van der Waals surface area contributed by atoms with Gasteiger partial charge in [0, 0.05) is 17.1 Å². The molecule has 2 aliphatic carbocycles. The zero-order chi connectivity index (χ0) is 40.2. The second kappa shape index (κ2) is 12.8. The number of hydrogen-bond acceptors (Lipinski definition) is 1. The van der Waals surface area contributed by atoms with E-state index in [0.29, 0.717) is 0 Å². The summed E-state index contributed by atoms with van der Waals surface area (Å²) < 4.78 is 40.3. The molecule has 60 heavy (non-hydrogen) atoms. The molecule has 0 radical (unpaired) electrons. The highest BCUT2D eigenvalue weighted by molar-refractivity contribution is 6.25. The third kappa shape index (κ3) is 4.88. The summed E-state index contributed by atoms with van der Waals surface area (Å²) in [6, 6.07) is 71.0. The van der Waals surface area contributed by atoms with E-state index < -0.39 is 17.2 Å². The van der Waals surface area contributed by atoms with Gasteiger partial charge in [0.15, 0.2) is 0 Å². The molecular formula is C56H34F3N. The van der Waals surface area contributed by atoms with E-state index in [1.807, 2.05) is 12.1 Å². The van der Waals surface area contributed by atoms with Crippen molar-refractivity contribution < 1.29 is 13.2 Å². The predicted octanol–water partition coefficient (Wildman–Crippen LogP) is 15.6. The summed E-state index contributed by atoms with van der Waals surface area (Å²) in [6.07, 6.45) is -4.39. The van der Waals surface area contributed by atoms with Gasteiger partial charge in [-0.1, -0.05) is 158 Å². The zero-order valence-corrected chi connectivity index (χ0v) is 32.2. The minimum absolute atomic E-state index is 0.508. The molecule has 0 atom stereocenters. The van der Waals surface area contributed by atoms with Gasteiger partial charge in [0.05, 0.1) is 11.0 Å². The molecule has 4 heteroatoms. The first-order valence-electron chi connectivity index (χ1n) is 20.2. The first-order chi connectivity index (χ1) is 29.4. The fourth-order valence-electron chi connectivity index (χ4n) is 10.4. The average molecular weight is 778 g/mol. The van der Waals surface area contributed by atoms with Crippen molar-refractivity contribution in [2.45, 2.75) is 11.6 Å². The van der Waals surface area contributed by atoms with Gasteiger partial charge in [-0.2, -0.15) is 13.2 Å². The van der Waals surface area contributed by atoms with E-state index in [-0.39, 0.29) is 0 Å². The highest BCUT2D eigenvalue weighted by Crippen LogP contribution is 2.63. The molecule has 1 spiro atoms. The summed E-state index contributed by atoms with van der Waals surface area (Å²) in [5, 5.41) is 7.19. The monoisotopic (exact) mass is 777 g/mol. The predicted molar refractivity (Wildman–Crippen MR) is 240 cm³/mol. The van der Waals surface area contributed by atoms with Gasteiger partial charge < -0.3 is 4.90 Å². The van der Waals surface area contributed by atoms with Crippen molar-refractivity contribution in [2.75, 3.05) is 4.90 Å². The second-order valence-corrected chi connectivity index (χ2v) is 15.9. The van der Waals surface area contributed by atoms with Crippen molar-refractivity contribution in [2.24, 2.45) is 0 Å². The Morgan fingerprint density at radius 2 is 0.700 bits per heavy atom. The maximum absolute atomic E-state index is 13.4. The van der Waals surface area contributed by atoms with Gasteiger partial charge in [-0.25, -0.2) is 0 Å². The lowest BCUT2D eigenvalue weighted by Crippen LogP contribution is -2.26. The fraction of sp³-hybridized carbons (Fsp3) is 0.0357. The standard InChI is InChI=1S/C56H34F3N/c57-56(58,59)37-25-21-35(22-26-37)36-23-27-38(28-24-36)60(39-29-31-45-43-13-2-1-11-41(43)42-12-3-4-14-44(42)50(45)33-39)40-30-32-49-48-17-7-10-20-53(48)55(54(49)34-40)51-18-8-5-15-46(51)47-16-6-9-19-52(47)55/h1-34H. The first kappa shape index (κ1) is 34.6. The Bertz CT molecular complexity index is 3260. The average Bonchev–Trinajstić information content (AvgIpc) is 3.76. The number of hydrogen-bond donors (Lipinski definition) is 0. The maximum Gasteiger partial charge on any atom is 0.416 e. The van der Waals surface area contributed by atoms with Crippen LogP contribution in [0.3, 0.4) is 0 Å². The highest BCUT2D eigenvalue weighted by Gasteiger charge is 2.51. The molecule has 0 unspecified atom stereocenters. The lowest BCUT2D eigenvalue weighted by molar-refractivity contribution is -0.137. The van der Waals surface area contributed by atoms with Crippen LogP contribution < -0.4 is 4.90 Å². The van der Waals surface area contributed by atoms with Gasteiger partial charge in [0.25, 0.3) is 0 Å². The van der Waals surface area contributed by atoms with Crippen molar-refractivity contribution >= 4 is 49.4 Å². The number of benzene rings is 10. The van der Waals surface area contributed by atoms with Gasteiger partial charge in [-0.05, 0) is 136 Å². The van der Waals surface area contributed by atoms with Gasteiger partial charge >= 0.3 is 6.18 Å². The summed E-state index contributed by atoms with van der Waals surface area (Å²) in [6.45, 7) is 0. The summed E-state index contributed by atoms with van der Waals surface area (Å²) >= 11 is 0. The van der Waals surface area contributed by atoms with Crippen LogP contribution in [0.25, 0.3) is 65.7 Å². The first-order valence-corrected chi connectivity index (χ1v) is 20.2. The van der Waals surface area contributed by atoms with Crippen LogP contribution in [0, 0.1) is 0 Å². The highest BCUT2D eigenvalue weighted by atomic mass is 19.4. The van der Waals surface area contributed by atoms with Gasteiger partial charge in [-0.15, -0.1) is 0 Å². The van der Waals surface area contributed by atoms with E-state index in [2.05, 4.69) is 175 Å². The molecule has 0 heterocycles. The third-order valence-electron chi connectivity index (χ3n) is 12.9. The Kier molecular flexibility index (Phi) is 7.37. The van der Waals surface area contributed by atoms with Crippen LogP contribution in [0.2, 0.25) is 0 Å². The van der Waals surface area contributed by atoms with Crippen LogP contribution in [-0.2, 0) is 11.6 Å². The second-order valence-electron chi connectivity index (χ2n) is 15.9. The third-order valence-corrected chi connectivity index (χ3v) is 12.9. The molecule has 0 fully saturated rings. The molecule has 0 bridgehead atoms. The summed E-state index contributed by atoms with van der Waals surface area (Å²) in [5.74, 6) is 0. The van der Waals surface area contributed by atoms with Crippen LogP contribution in [0.5, 0.6) is 0 Å². The van der Waals surface area contributed by atoms with E-state index in [9.17, 15) is 13.2 Å². The van der Waals surface area contributed by atoms with Crippen LogP contribution in [0.4, 0.5) is 30.2 Å². The minimum Gasteiger partial charge on any atom is -0.310 e. The van der Waals surface area contributed by atoms with Crippen LogP contribution in [0.15, 0.2) is 206 Å². The Morgan fingerprint density at radius 3 is 1.22 bits per heavy atom. The molecule has 0 saturated heterocycles. The lowest BCUT2D eigenvalue weighted by Gasteiger charge is -2.32. The van der Waals surface area contributed by atoms with E-state index in [0.717, 1.165) is 45.7 Å². The molecule has 12 rings (SSSR count). The summed E-state index contributed by atoms with van der Waals surface area (Å²) in [7, 11) is 0. The summed E-state index contributed by atoms with van der Waals surface area (Å²) in [5.41, 5.74) is 13.4. The van der Waals surface area contributed by atoms with E-state index in [4.69, 9.17) is 0 Å². The van der Waals surface area contributed by atoms with Crippen molar-refractivity contribution in [3.8, 4) is 33.4 Å². The molecule has 0 aliphatic heterocycles. The van der Waals surface area contributed by atoms with Crippen LogP contribution >= 0.6 is 0 Å². The number of nitrogens with zero attached hydrogens (tertiary/aromatic N) is 1. The van der Waals surface area contributed by atoms with Gasteiger partial charge in [-0.3, -0.25) is 0 Å². The van der Waals surface area contributed by atoms with Crippen LogP contribution in [-0.4, -0.2) is 0 Å². The number of alkyl halides is 3. The Hall–Kier alpha value is -7.43. The van der Waals surface area contributed by atoms with Gasteiger partial charge in [0.1, 0.15) is 0 Å². The molecular weight excluding hydrogens is 744 g/mol. The van der Waals surface area contributed by atoms with E-state index in [1.165, 1.54) is 71.4 Å². The SMILES string of the molecule is FC(F)(F)c1ccc(-c2ccc(N(c3ccc4c(c3)C3(c5ccccc5-c5ccccc53)c3ccccc3-4)c3ccc4c5ccccc5c5ccccc5c4c3)cc2)cc1.